The minimum absolute atomic E-state index is 0.0584. The van der Waals surface area contributed by atoms with Crippen molar-refractivity contribution in [2.75, 3.05) is 6.54 Å². The van der Waals surface area contributed by atoms with Gasteiger partial charge in [0.1, 0.15) is 6.04 Å². The van der Waals surface area contributed by atoms with Crippen LogP contribution in [0.5, 0.6) is 0 Å². The Morgan fingerprint density at radius 2 is 1.90 bits per heavy atom. The van der Waals surface area contributed by atoms with E-state index in [0.717, 1.165) is 19.3 Å². The SMILES string of the molecule is CC(C)C(NC(N)=O)C(=O)NCC1(CC(=O)O)CCC1. The van der Waals surface area contributed by atoms with Gasteiger partial charge in [0.2, 0.25) is 5.91 Å². The molecule has 0 aromatic rings. The lowest BCUT2D eigenvalue weighted by molar-refractivity contribution is -0.142. The van der Waals surface area contributed by atoms with Gasteiger partial charge < -0.3 is 21.5 Å². The van der Waals surface area contributed by atoms with Gasteiger partial charge in [-0.2, -0.15) is 0 Å². The Labute approximate surface area is 118 Å². The number of carbonyl (C=O) groups is 3. The van der Waals surface area contributed by atoms with Crippen LogP contribution in [0.1, 0.15) is 39.5 Å². The van der Waals surface area contributed by atoms with Gasteiger partial charge in [-0.15, -0.1) is 0 Å². The second-order valence-electron chi connectivity index (χ2n) is 5.87. The van der Waals surface area contributed by atoms with Crippen LogP contribution in [0, 0.1) is 11.3 Å². The van der Waals surface area contributed by atoms with E-state index in [1.54, 1.807) is 13.8 Å². The fraction of sp³-hybridized carbons (Fsp3) is 0.769. The molecule has 20 heavy (non-hydrogen) atoms. The van der Waals surface area contributed by atoms with E-state index in [2.05, 4.69) is 10.6 Å². The van der Waals surface area contributed by atoms with E-state index in [9.17, 15) is 14.4 Å². The van der Waals surface area contributed by atoms with E-state index in [4.69, 9.17) is 10.8 Å². The first-order valence-electron chi connectivity index (χ1n) is 6.81. The summed E-state index contributed by atoms with van der Waals surface area (Å²) < 4.78 is 0. The molecular weight excluding hydrogens is 262 g/mol. The number of carboxylic acid groups (broad SMARTS) is 1. The van der Waals surface area contributed by atoms with Gasteiger partial charge in [0.15, 0.2) is 0 Å². The van der Waals surface area contributed by atoms with Gasteiger partial charge in [0, 0.05) is 6.54 Å². The maximum atomic E-state index is 12.1. The normalized spacial score (nSPS) is 17.9. The minimum atomic E-state index is -0.852. The smallest absolute Gasteiger partial charge is 0.312 e. The maximum Gasteiger partial charge on any atom is 0.312 e. The molecule has 1 atom stereocenters. The molecule has 0 aromatic carbocycles. The summed E-state index contributed by atoms with van der Waals surface area (Å²) in [7, 11) is 0. The first kappa shape index (κ1) is 16.3. The van der Waals surface area contributed by atoms with Gasteiger partial charge in [-0.1, -0.05) is 20.3 Å². The topological polar surface area (TPSA) is 122 Å². The van der Waals surface area contributed by atoms with Gasteiger partial charge in [0.05, 0.1) is 6.42 Å². The van der Waals surface area contributed by atoms with Crippen molar-refractivity contribution in [2.24, 2.45) is 17.1 Å². The van der Waals surface area contributed by atoms with Gasteiger partial charge in [-0.25, -0.2) is 4.79 Å². The monoisotopic (exact) mass is 285 g/mol. The summed E-state index contributed by atoms with van der Waals surface area (Å²) in [6.07, 6.45) is 2.64. The Bertz CT molecular complexity index is 391. The molecule has 0 bridgehead atoms. The van der Waals surface area contributed by atoms with E-state index in [-0.39, 0.29) is 23.7 Å². The number of nitrogens with one attached hydrogen (secondary N) is 2. The largest absolute Gasteiger partial charge is 0.481 e. The first-order chi connectivity index (χ1) is 9.26. The molecule has 0 spiro atoms. The maximum absolute atomic E-state index is 12.1. The highest BCUT2D eigenvalue weighted by Crippen LogP contribution is 2.43. The summed E-state index contributed by atoms with van der Waals surface area (Å²) in [5.41, 5.74) is 4.71. The molecule has 1 aliphatic carbocycles. The molecule has 0 radical (unpaired) electrons. The summed E-state index contributed by atoms with van der Waals surface area (Å²) >= 11 is 0. The first-order valence-corrected chi connectivity index (χ1v) is 6.81. The van der Waals surface area contributed by atoms with Crippen LogP contribution in [0.2, 0.25) is 0 Å². The zero-order chi connectivity index (χ0) is 15.3. The summed E-state index contributed by atoms with van der Waals surface area (Å²) in [6, 6.07) is -1.45. The average Bonchev–Trinajstić information content (AvgIpc) is 2.27. The van der Waals surface area contributed by atoms with E-state index in [1.165, 1.54) is 0 Å². The number of hydrogen-bond donors (Lipinski definition) is 4. The summed E-state index contributed by atoms with van der Waals surface area (Å²) in [6.45, 7) is 3.93. The van der Waals surface area contributed by atoms with Gasteiger partial charge in [0.25, 0.3) is 0 Å². The van der Waals surface area contributed by atoms with E-state index in [0.29, 0.717) is 6.54 Å². The number of hydrogen-bond acceptors (Lipinski definition) is 3. The zero-order valence-electron chi connectivity index (χ0n) is 11.9. The Morgan fingerprint density at radius 1 is 1.30 bits per heavy atom. The van der Waals surface area contributed by atoms with E-state index >= 15 is 0 Å². The summed E-state index contributed by atoms with van der Waals surface area (Å²) in [5.74, 6) is -1.27. The van der Waals surface area contributed by atoms with Gasteiger partial charge in [-0.05, 0) is 24.2 Å². The number of carboxylic acids is 1. The number of primary amides is 1. The molecule has 0 aromatic heterocycles. The number of nitrogens with two attached hydrogens (primary N) is 1. The molecule has 7 nitrogen and oxygen atoms in total. The van der Waals surface area contributed by atoms with Gasteiger partial charge in [-0.3, -0.25) is 9.59 Å². The highest BCUT2D eigenvalue weighted by Gasteiger charge is 2.39. The number of aliphatic carboxylic acids is 1. The number of rotatable bonds is 7. The van der Waals surface area contributed by atoms with Crippen LogP contribution >= 0.6 is 0 Å². The van der Waals surface area contributed by atoms with Crippen molar-refractivity contribution in [3.63, 3.8) is 0 Å². The lowest BCUT2D eigenvalue weighted by atomic mass is 9.66. The molecule has 0 heterocycles. The van der Waals surface area contributed by atoms with Crippen LogP contribution in [0.3, 0.4) is 0 Å². The lowest BCUT2D eigenvalue weighted by Gasteiger charge is -2.41. The van der Waals surface area contributed by atoms with Crippen molar-refractivity contribution in [3.8, 4) is 0 Å². The Morgan fingerprint density at radius 3 is 2.25 bits per heavy atom. The summed E-state index contributed by atoms with van der Waals surface area (Å²) in [5, 5.41) is 14.1. The molecule has 1 saturated carbocycles. The molecule has 1 aliphatic rings. The second-order valence-corrected chi connectivity index (χ2v) is 5.87. The van der Waals surface area contributed by atoms with Crippen LogP contribution in [-0.2, 0) is 9.59 Å². The average molecular weight is 285 g/mol. The quantitative estimate of drug-likeness (QED) is 0.542. The number of urea groups is 1. The van der Waals surface area contributed by atoms with Gasteiger partial charge >= 0.3 is 12.0 Å². The predicted molar refractivity (Wildman–Crippen MR) is 72.9 cm³/mol. The van der Waals surface area contributed by atoms with E-state index < -0.39 is 18.0 Å². The molecule has 1 fully saturated rings. The van der Waals surface area contributed by atoms with Crippen molar-refractivity contribution in [1.82, 2.24) is 10.6 Å². The number of carbonyl (C=O) groups excluding carboxylic acids is 2. The Kier molecular flexibility index (Phi) is 5.35. The minimum Gasteiger partial charge on any atom is -0.481 e. The Balaban J connectivity index is 2.55. The Hall–Kier alpha value is -1.79. The molecular formula is C13H23N3O4. The van der Waals surface area contributed by atoms with Crippen molar-refractivity contribution >= 4 is 17.9 Å². The highest BCUT2D eigenvalue weighted by atomic mass is 16.4. The third kappa shape index (κ3) is 4.40. The summed E-state index contributed by atoms with van der Waals surface area (Å²) in [4.78, 5) is 33.8. The molecule has 0 aliphatic heterocycles. The van der Waals surface area contributed by atoms with E-state index in [1.807, 2.05) is 0 Å². The van der Waals surface area contributed by atoms with Crippen molar-refractivity contribution in [3.05, 3.63) is 0 Å². The molecule has 5 N–H and O–H groups in total. The zero-order valence-corrected chi connectivity index (χ0v) is 11.9. The molecule has 7 heteroatoms. The molecule has 1 unspecified atom stereocenters. The fourth-order valence-corrected chi connectivity index (χ4v) is 2.49. The lowest BCUT2D eigenvalue weighted by Crippen LogP contribution is -2.54. The van der Waals surface area contributed by atoms with Crippen LogP contribution in [0.4, 0.5) is 4.79 Å². The van der Waals surface area contributed by atoms with Crippen LogP contribution in [0.25, 0.3) is 0 Å². The number of amides is 3. The predicted octanol–water partition coefficient (Wildman–Crippen LogP) is 0.441. The van der Waals surface area contributed by atoms with Crippen molar-refractivity contribution in [2.45, 2.75) is 45.6 Å². The highest BCUT2D eigenvalue weighted by molar-refractivity contribution is 5.86. The fourth-order valence-electron chi connectivity index (χ4n) is 2.49. The third-order valence-electron chi connectivity index (χ3n) is 3.82. The molecule has 3 amide bonds. The van der Waals surface area contributed by atoms with Crippen molar-refractivity contribution in [1.29, 1.82) is 0 Å². The van der Waals surface area contributed by atoms with Crippen molar-refractivity contribution < 1.29 is 19.5 Å². The van der Waals surface area contributed by atoms with Crippen LogP contribution < -0.4 is 16.4 Å². The van der Waals surface area contributed by atoms with Crippen LogP contribution in [0.15, 0.2) is 0 Å². The standard InChI is InChI=1S/C13H23N3O4/c1-8(2)10(16-12(14)20)11(19)15-7-13(4-3-5-13)6-9(17)18/h8,10H,3-7H2,1-2H3,(H,15,19)(H,17,18)(H3,14,16,20). The molecule has 114 valence electrons. The van der Waals surface area contributed by atoms with Crippen LogP contribution in [-0.4, -0.2) is 35.6 Å². The third-order valence-corrected chi connectivity index (χ3v) is 3.82. The molecule has 1 rings (SSSR count). The molecule has 0 saturated heterocycles. The second kappa shape index (κ2) is 6.58.